The Kier molecular flexibility index (Phi) is 4.03. The molecule has 0 aliphatic heterocycles. The van der Waals surface area contributed by atoms with Gasteiger partial charge in [-0.1, -0.05) is 18.2 Å². The molecule has 2 N–H and O–H groups in total. The lowest BCUT2D eigenvalue weighted by molar-refractivity contribution is -0.115. The number of fused-ring (bicyclic) bond motifs is 1. The third-order valence-electron chi connectivity index (χ3n) is 3.37. The van der Waals surface area contributed by atoms with Gasteiger partial charge in [-0.05, 0) is 6.07 Å². The molecule has 1 amide bonds. The molecule has 0 saturated heterocycles. The molecule has 1 heterocycles. The summed E-state index contributed by atoms with van der Waals surface area (Å²) < 4.78 is 39.2. The van der Waals surface area contributed by atoms with Gasteiger partial charge < -0.3 is 5.32 Å². The van der Waals surface area contributed by atoms with Gasteiger partial charge in [0.2, 0.25) is 5.91 Å². The third kappa shape index (κ3) is 2.98. The Morgan fingerprint density at radius 1 is 1.08 bits per heavy atom. The standard InChI is InChI=1S/C16H10F3N3O2/c17-11-5-8(6-12(18)15(11)19)20-14(23)7-13-9-3-1-2-4-10(9)16(24)22-21-13/h1-6H,7H2,(H,20,23)(H,22,24). The van der Waals surface area contributed by atoms with Crippen LogP contribution in [0.3, 0.4) is 0 Å². The molecule has 5 nitrogen and oxygen atoms in total. The molecule has 0 aliphatic carbocycles. The highest BCUT2D eigenvalue weighted by molar-refractivity contribution is 5.95. The zero-order chi connectivity index (χ0) is 17.3. The minimum absolute atomic E-state index is 0.217. The fourth-order valence-electron chi connectivity index (χ4n) is 2.29. The van der Waals surface area contributed by atoms with Crippen molar-refractivity contribution in [1.82, 2.24) is 10.2 Å². The molecule has 0 fully saturated rings. The molecule has 8 heteroatoms. The number of carbonyl (C=O) groups excluding carboxylic acids is 1. The van der Waals surface area contributed by atoms with Gasteiger partial charge in [0.1, 0.15) is 0 Å². The third-order valence-corrected chi connectivity index (χ3v) is 3.37. The first-order valence-corrected chi connectivity index (χ1v) is 6.86. The zero-order valence-electron chi connectivity index (χ0n) is 12.1. The van der Waals surface area contributed by atoms with E-state index < -0.39 is 28.9 Å². The molecule has 3 aromatic rings. The number of aromatic nitrogens is 2. The average molecular weight is 333 g/mol. The fraction of sp³-hybridized carbons (Fsp3) is 0.0625. The van der Waals surface area contributed by atoms with Crippen molar-refractivity contribution in [2.45, 2.75) is 6.42 Å². The van der Waals surface area contributed by atoms with Crippen LogP contribution >= 0.6 is 0 Å². The van der Waals surface area contributed by atoms with Crippen LogP contribution in [0.5, 0.6) is 0 Å². The van der Waals surface area contributed by atoms with Gasteiger partial charge in [-0.3, -0.25) is 9.59 Å². The molecule has 24 heavy (non-hydrogen) atoms. The van der Waals surface area contributed by atoms with Crippen molar-refractivity contribution in [2.24, 2.45) is 0 Å². The number of nitrogens with one attached hydrogen (secondary N) is 2. The lowest BCUT2D eigenvalue weighted by Crippen LogP contribution is -2.18. The summed E-state index contributed by atoms with van der Waals surface area (Å²) in [6.45, 7) is 0. The number of hydrogen-bond donors (Lipinski definition) is 2. The van der Waals surface area contributed by atoms with E-state index in [0.29, 0.717) is 28.6 Å². The van der Waals surface area contributed by atoms with E-state index in [0.717, 1.165) is 0 Å². The Balaban J connectivity index is 1.86. The predicted molar refractivity (Wildman–Crippen MR) is 81.0 cm³/mol. The molecular weight excluding hydrogens is 323 g/mol. The number of hydrogen-bond acceptors (Lipinski definition) is 3. The van der Waals surface area contributed by atoms with Crippen LogP contribution in [0.15, 0.2) is 41.2 Å². The number of halogens is 3. The van der Waals surface area contributed by atoms with Crippen LogP contribution in [0.25, 0.3) is 10.8 Å². The molecular formula is C16H10F3N3O2. The Bertz CT molecular complexity index is 978. The summed E-state index contributed by atoms with van der Waals surface area (Å²) >= 11 is 0. The molecule has 1 aromatic heterocycles. The Morgan fingerprint density at radius 2 is 1.71 bits per heavy atom. The Hall–Kier alpha value is -3.16. The molecule has 0 bridgehead atoms. The first-order valence-electron chi connectivity index (χ1n) is 6.86. The highest BCUT2D eigenvalue weighted by Crippen LogP contribution is 2.18. The summed E-state index contributed by atoms with van der Waals surface area (Å²) in [6.07, 6.45) is -0.238. The monoisotopic (exact) mass is 333 g/mol. The van der Waals surface area contributed by atoms with Gasteiger partial charge in [0.05, 0.1) is 17.5 Å². The van der Waals surface area contributed by atoms with Gasteiger partial charge >= 0.3 is 0 Å². The van der Waals surface area contributed by atoms with Crippen LogP contribution in [-0.2, 0) is 11.2 Å². The molecule has 0 saturated carbocycles. The first-order chi connectivity index (χ1) is 11.5. The Labute approximate surface area is 133 Å². The lowest BCUT2D eigenvalue weighted by atomic mass is 10.1. The van der Waals surface area contributed by atoms with Gasteiger partial charge in [-0.15, -0.1) is 0 Å². The second-order valence-corrected chi connectivity index (χ2v) is 5.02. The summed E-state index contributed by atoms with van der Waals surface area (Å²) in [6, 6.07) is 7.93. The maximum Gasteiger partial charge on any atom is 0.272 e. The van der Waals surface area contributed by atoms with Gasteiger partial charge in [0.25, 0.3) is 5.56 Å². The van der Waals surface area contributed by atoms with Crippen LogP contribution in [-0.4, -0.2) is 16.1 Å². The molecule has 0 atom stereocenters. The second kappa shape index (κ2) is 6.15. The summed E-state index contributed by atoms with van der Waals surface area (Å²) in [4.78, 5) is 23.7. The lowest BCUT2D eigenvalue weighted by Gasteiger charge is -2.07. The summed E-state index contributed by atoms with van der Waals surface area (Å²) in [5.41, 5.74) is -0.312. The summed E-state index contributed by atoms with van der Waals surface area (Å²) in [5.74, 6) is -5.04. The maximum absolute atomic E-state index is 13.2. The van der Waals surface area contributed by atoms with Crippen molar-refractivity contribution in [3.05, 3.63) is 69.9 Å². The van der Waals surface area contributed by atoms with Crippen molar-refractivity contribution in [1.29, 1.82) is 0 Å². The van der Waals surface area contributed by atoms with E-state index in [1.165, 1.54) is 0 Å². The molecule has 0 unspecified atom stereocenters. The van der Waals surface area contributed by atoms with Crippen LogP contribution in [0.2, 0.25) is 0 Å². The van der Waals surface area contributed by atoms with E-state index in [2.05, 4.69) is 15.5 Å². The Morgan fingerprint density at radius 3 is 2.38 bits per heavy atom. The second-order valence-electron chi connectivity index (χ2n) is 5.02. The number of nitrogens with zero attached hydrogens (tertiary/aromatic N) is 1. The van der Waals surface area contributed by atoms with E-state index in [1.54, 1.807) is 24.3 Å². The van der Waals surface area contributed by atoms with E-state index in [4.69, 9.17) is 0 Å². The van der Waals surface area contributed by atoms with Crippen LogP contribution in [0.1, 0.15) is 5.69 Å². The predicted octanol–water partition coefficient (Wildman–Crippen LogP) is 2.52. The first kappa shape index (κ1) is 15.7. The number of carbonyl (C=O) groups is 1. The van der Waals surface area contributed by atoms with Crippen molar-refractivity contribution < 1.29 is 18.0 Å². The van der Waals surface area contributed by atoms with Crippen LogP contribution < -0.4 is 10.9 Å². The molecule has 0 spiro atoms. The highest BCUT2D eigenvalue weighted by atomic mass is 19.2. The minimum Gasteiger partial charge on any atom is -0.326 e. The van der Waals surface area contributed by atoms with Gasteiger partial charge in [0, 0.05) is 23.2 Å². The van der Waals surface area contributed by atoms with Crippen molar-refractivity contribution in [3.63, 3.8) is 0 Å². The normalized spacial score (nSPS) is 10.8. The molecule has 0 radical (unpaired) electrons. The SMILES string of the molecule is O=C(Cc1n[nH]c(=O)c2ccccc12)Nc1cc(F)c(F)c(F)c1. The fourth-order valence-corrected chi connectivity index (χ4v) is 2.29. The number of anilines is 1. The van der Waals surface area contributed by atoms with Crippen molar-refractivity contribution in [2.75, 3.05) is 5.32 Å². The quantitative estimate of drug-likeness (QED) is 0.723. The van der Waals surface area contributed by atoms with Gasteiger partial charge in [-0.2, -0.15) is 5.10 Å². The molecule has 2 aromatic carbocycles. The summed E-state index contributed by atoms with van der Waals surface area (Å²) in [7, 11) is 0. The van der Waals surface area contributed by atoms with Crippen molar-refractivity contribution in [3.8, 4) is 0 Å². The minimum atomic E-state index is -1.61. The van der Waals surface area contributed by atoms with Gasteiger partial charge in [0.15, 0.2) is 17.5 Å². The van der Waals surface area contributed by atoms with E-state index in [1.807, 2.05) is 0 Å². The van der Waals surface area contributed by atoms with E-state index >= 15 is 0 Å². The van der Waals surface area contributed by atoms with Gasteiger partial charge in [-0.25, -0.2) is 18.3 Å². The number of rotatable bonds is 3. The average Bonchev–Trinajstić information content (AvgIpc) is 2.55. The smallest absolute Gasteiger partial charge is 0.272 e. The van der Waals surface area contributed by atoms with E-state index in [9.17, 15) is 22.8 Å². The number of aromatic amines is 1. The molecule has 0 aliphatic rings. The largest absolute Gasteiger partial charge is 0.326 e. The van der Waals surface area contributed by atoms with Crippen LogP contribution in [0.4, 0.5) is 18.9 Å². The maximum atomic E-state index is 13.2. The molecule has 3 rings (SSSR count). The number of amides is 1. The zero-order valence-corrected chi connectivity index (χ0v) is 12.1. The number of H-pyrrole nitrogens is 1. The number of benzene rings is 2. The highest BCUT2D eigenvalue weighted by Gasteiger charge is 2.14. The topological polar surface area (TPSA) is 74.8 Å². The van der Waals surface area contributed by atoms with E-state index in [-0.39, 0.29) is 12.1 Å². The van der Waals surface area contributed by atoms with Crippen molar-refractivity contribution >= 4 is 22.4 Å². The molecule has 122 valence electrons. The summed E-state index contributed by atoms with van der Waals surface area (Å²) in [5, 5.41) is 9.24. The van der Waals surface area contributed by atoms with Crippen LogP contribution in [0, 0.1) is 17.5 Å².